The van der Waals surface area contributed by atoms with Gasteiger partial charge in [0.1, 0.15) is 12.4 Å². The average molecular weight is 513 g/mol. The smallest absolute Gasteiger partial charge is 0.243 e. The largest absolute Gasteiger partial charge is 0.491 e. The van der Waals surface area contributed by atoms with Crippen LogP contribution in [-0.4, -0.2) is 49.8 Å². The fourth-order valence-corrected chi connectivity index (χ4v) is 6.73. The maximum atomic E-state index is 13.6. The van der Waals surface area contributed by atoms with Crippen molar-refractivity contribution in [3.05, 3.63) is 81.5 Å². The summed E-state index contributed by atoms with van der Waals surface area (Å²) in [6.07, 6.45) is 1.38. The van der Waals surface area contributed by atoms with Crippen molar-refractivity contribution in [3.8, 4) is 5.75 Å². The standard InChI is InChI=1S/C27H32N2O4S2/c1-4-15-28(35(31,32)23-11-7-21(3)8-12-23)18-27(30)29-16-13-26-24(14-17-34-26)25(29)19-33-22-9-5-20(2)6-10-22/h5-12,14,17,25H,4,13,15-16,18-19H2,1-3H3. The molecule has 0 radical (unpaired) electrons. The van der Waals surface area contributed by atoms with Crippen molar-refractivity contribution in [1.29, 1.82) is 0 Å². The van der Waals surface area contributed by atoms with Crippen molar-refractivity contribution in [3.63, 3.8) is 0 Å². The van der Waals surface area contributed by atoms with Gasteiger partial charge in [-0.25, -0.2) is 8.42 Å². The van der Waals surface area contributed by atoms with Crippen LogP contribution in [0.2, 0.25) is 0 Å². The zero-order valence-corrected chi connectivity index (χ0v) is 22.1. The quantitative estimate of drug-likeness (QED) is 0.406. The van der Waals surface area contributed by atoms with E-state index in [1.54, 1.807) is 40.5 Å². The number of ether oxygens (including phenoxy) is 1. The summed E-state index contributed by atoms with van der Waals surface area (Å²) in [7, 11) is -3.78. The summed E-state index contributed by atoms with van der Waals surface area (Å²) in [5.41, 5.74) is 3.22. The van der Waals surface area contributed by atoms with Crippen LogP contribution < -0.4 is 4.74 Å². The molecule has 186 valence electrons. The Hall–Kier alpha value is -2.68. The third-order valence-corrected chi connectivity index (χ3v) is 9.14. The third-order valence-electron chi connectivity index (χ3n) is 6.29. The van der Waals surface area contributed by atoms with Crippen LogP contribution in [-0.2, 0) is 21.2 Å². The molecule has 0 N–H and O–H groups in total. The lowest BCUT2D eigenvalue weighted by Gasteiger charge is -2.37. The number of fused-ring (bicyclic) bond motifs is 1. The highest BCUT2D eigenvalue weighted by atomic mass is 32.2. The van der Waals surface area contributed by atoms with Crippen LogP contribution in [0.1, 0.15) is 41.0 Å². The predicted octanol–water partition coefficient (Wildman–Crippen LogP) is 4.97. The zero-order valence-electron chi connectivity index (χ0n) is 20.4. The summed E-state index contributed by atoms with van der Waals surface area (Å²) in [4.78, 5) is 16.8. The van der Waals surface area contributed by atoms with E-state index in [4.69, 9.17) is 4.74 Å². The summed E-state index contributed by atoms with van der Waals surface area (Å²) >= 11 is 1.69. The first kappa shape index (κ1) is 25.4. The number of sulfonamides is 1. The van der Waals surface area contributed by atoms with Crippen molar-refractivity contribution in [2.24, 2.45) is 0 Å². The lowest BCUT2D eigenvalue weighted by atomic mass is 10.0. The molecule has 0 saturated heterocycles. The Bertz CT molecular complexity index is 1250. The molecule has 1 aliphatic rings. The topological polar surface area (TPSA) is 66.9 Å². The molecule has 6 nitrogen and oxygen atoms in total. The molecule has 0 spiro atoms. The highest BCUT2D eigenvalue weighted by Crippen LogP contribution is 2.34. The minimum atomic E-state index is -3.78. The van der Waals surface area contributed by atoms with Gasteiger partial charge in [0.25, 0.3) is 0 Å². The lowest BCUT2D eigenvalue weighted by molar-refractivity contribution is -0.135. The van der Waals surface area contributed by atoms with Crippen LogP contribution in [0.3, 0.4) is 0 Å². The zero-order chi connectivity index (χ0) is 25.0. The maximum absolute atomic E-state index is 13.6. The van der Waals surface area contributed by atoms with Crippen LogP contribution >= 0.6 is 11.3 Å². The molecule has 3 aromatic rings. The summed E-state index contributed by atoms with van der Waals surface area (Å²) < 4.78 is 34.1. The second-order valence-corrected chi connectivity index (χ2v) is 11.9. The van der Waals surface area contributed by atoms with Gasteiger partial charge in [-0.2, -0.15) is 4.31 Å². The van der Waals surface area contributed by atoms with E-state index < -0.39 is 10.0 Å². The van der Waals surface area contributed by atoms with Crippen LogP contribution in [0.15, 0.2) is 64.9 Å². The molecule has 2 heterocycles. The maximum Gasteiger partial charge on any atom is 0.243 e. The Morgan fingerprint density at radius 2 is 1.71 bits per heavy atom. The number of carbonyl (C=O) groups is 1. The van der Waals surface area contributed by atoms with Crippen LogP contribution in [0, 0.1) is 13.8 Å². The number of hydrogen-bond donors (Lipinski definition) is 0. The molecule has 4 rings (SSSR count). The van der Waals surface area contributed by atoms with E-state index >= 15 is 0 Å². The van der Waals surface area contributed by atoms with Crippen molar-refractivity contribution in [1.82, 2.24) is 9.21 Å². The van der Waals surface area contributed by atoms with Crippen LogP contribution in [0.25, 0.3) is 0 Å². The number of amides is 1. The molecule has 0 bridgehead atoms. The number of carbonyl (C=O) groups excluding carboxylic acids is 1. The van der Waals surface area contributed by atoms with Crippen molar-refractivity contribution in [2.75, 3.05) is 26.2 Å². The number of thiophene rings is 1. The number of benzene rings is 2. The summed E-state index contributed by atoms with van der Waals surface area (Å²) in [6, 6.07) is 16.4. The number of nitrogens with zero attached hydrogens (tertiary/aromatic N) is 2. The van der Waals surface area contributed by atoms with E-state index in [1.165, 1.54) is 9.18 Å². The van der Waals surface area contributed by atoms with E-state index in [0.717, 1.165) is 28.9 Å². The predicted molar refractivity (Wildman–Crippen MR) is 139 cm³/mol. The van der Waals surface area contributed by atoms with E-state index in [0.29, 0.717) is 19.6 Å². The van der Waals surface area contributed by atoms with Crippen molar-refractivity contribution < 1.29 is 17.9 Å². The van der Waals surface area contributed by atoms with Gasteiger partial charge in [-0.15, -0.1) is 11.3 Å². The average Bonchev–Trinajstić information content (AvgIpc) is 3.32. The van der Waals surface area contributed by atoms with Gasteiger partial charge in [0.15, 0.2) is 0 Å². The number of rotatable bonds is 9. The Morgan fingerprint density at radius 1 is 1.06 bits per heavy atom. The molecular formula is C27H32N2O4S2. The molecule has 35 heavy (non-hydrogen) atoms. The first-order valence-corrected chi connectivity index (χ1v) is 14.2. The van der Waals surface area contributed by atoms with Gasteiger partial charge in [0.2, 0.25) is 15.9 Å². The Morgan fingerprint density at radius 3 is 2.37 bits per heavy atom. The summed E-state index contributed by atoms with van der Waals surface area (Å²) in [5, 5.41) is 2.04. The first-order valence-electron chi connectivity index (χ1n) is 11.9. The van der Waals surface area contributed by atoms with E-state index in [9.17, 15) is 13.2 Å². The first-order chi connectivity index (χ1) is 16.8. The number of aryl methyl sites for hydroxylation is 2. The Balaban J connectivity index is 1.55. The second kappa shape index (κ2) is 10.9. The third kappa shape index (κ3) is 5.77. The van der Waals surface area contributed by atoms with Crippen molar-refractivity contribution in [2.45, 2.75) is 44.6 Å². The van der Waals surface area contributed by atoms with Gasteiger partial charge in [-0.1, -0.05) is 42.3 Å². The Kier molecular flexibility index (Phi) is 7.94. The molecule has 0 fully saturated rings. The molecular weight excluding hydrogens is 480 g/mol. The monoisotopic (exact) mass is 512 g/mol. The van der Waals surface area contributed by atoms with Crippen molar-refractivity contribution >= 4 is 27.3 Å². The summed E-state index contributed by atoms with van der Waals surface area (Å²) in [6.45, 7) is 6.80. The minimum absolute atomic E-state index is 0.190. The molecule has 2 aromatic carbocycles. The van der Waals surface area contributed by atoms with Gasteiger partial charge >= 0.3 is 0 Å². The number of hydrogen-bond acceptors (Lipinski definition) is 5. The fourth-order valence-electron chi connectivity index (χ4n) is 4.32. The molecule has 1 atom stereocenters. The molecule has 0 saturated carbocycles. The lowest BCUT2D eigenvalue weighted by Crippen LogP contribution is -2.48. The van der Waals surface area contributed by atoms with E-state index in [2.05, 4.69) is 6.07 Å². The molecule has 1 aromatic heterocycles. The molecule has 0 aliphatic carbocycles. The SMILES string of the molecule is CCCN(CC(=O)N1CCc2sccc2C1COc1ccc(C)cc1)S(=O)(=O)c1ccc(C)cc1. The van der Waals surface area contributed by atoms with E-state index in [1.807, 2.05) is 50.4 Å². The fraction of sp³-hybridized carbons (Fsp3) is 0.370. The molecule has 8 heteroatoms. The highest BCUT2D eigenvalue weighted by molar-refractivity contribution is 7.89. The highest BCUT2D eigenvalue weighted by Gasteiger charge is 2.35. The van der Waals surface area contributed by atoms with Gasteiger partial charge in [0, 0.05) is 18.0 Å². The van der Waals surface area contributed by atoms with Gasteiger partial charge in [-0.3, -0.25) is 4.79 Å². The Labute approximate surface area is 212 Å². The summed E-state index contributed by atoms with van der Waals surface area (Å²) in [5.74, 6) is 0.545. The van der Waals surface area contributed by atoms with Gasteiger partial charge < -0.3 is 9.64 Å². The minimum Gasteiger partial charge on any atom is -0.491 e. The van der Waals surface area contributed by atoms with Crippen LogP contribution in [0.4, 0.5) is 0 Å². The van der Waals surface area contributed by atoms with Gasteiger partial charge in [-0.05, 0) is 68.0 Å². The van der Waals surface area contributed by atoms with Gasteiger partial charge in [0.05, 0.1) is 17.5 Å². The molecule has 1 amide bonds. The molecule has 1 unspecified atom stereocenters. The normalized spacial score (nSPS) is 15.8. The molecule has 1 aliphatic heterocycles. The van der Waals surface area contributed by atoms with Crippen LogP contribution in [0.5, 0.6) is 5.75 Å². The van der Waals surface area contributed by atoms with E-state index in [-0.39, 0.29) is 29.9 Å². The second-order valence-electron chi connectivity index (χ2n) is 8.93.